The van der Waals surface area contributed by atoms with Crippen molar-refractivity contribution in [1.82, 2.24) is 14.7 Å². The van der Waals surface area contributed by atoms with Crippen LogP contribution in [0.15, 0.2) is 18.3 Å². The molecule has 0 bridgehead atoms. The monoisotopic (exact) mass is 385 g/mol. The molecular formula is C21H27N3O4. The Labute approximate surface area is 165 Å². The number of nitrogens with zero attached hydrogens (tertiary/aromatic N) is 3. The van der Waals surface area contributed by atoms with Gasteiger partial charge in [-0.1, -0.05) is 0 Å². The van der Waals surface area contributed by atoms with Crippen LogP contribution >= 0.6 is 0 Å². The Morgan fingerprint density at radius 2 is 1.86 bits per heavy atom. The first-order chi connectivity index (χ1) is 13.5. The molecule has 150 valence electrons. The lowest BCUT2D eigenvalue weighted by atomic mass is 9.79. The third-order valence-corrected chi connectivity index (χ3v) is 6.17. The zero-order chi connectivity index (χ0) is 19.9. The molecule has 7 heteroatoms. The molecule has 0 saturated carbocycles. The number of aryl methyl sites for hydroxylation is 1. The topological polar surface area (TPSA) is 65.8 Å². The third-order valence-electron chi connectivity index (χ3n) is 6.17. The SMILES string of the molecule is COc1cc2c(cc1OC)C1(CCN(C(=O)c3cnn(C)c3C)CC1)OCC2. The van der Waals surface area contributed by atoms with Crippen LogP contribution in [0, 0.1) is 6.92 Å². The maximum absolute atomic E-state index is 12.9. The number of methoxy groups -OCH3 is 2. The smallest absolute Gasteiger partial charge is 0.257 e. The molecule has 1 aromatic carbocycles. The zero-order valence-corrected chi connectivity index (χ0v) is 16.9. The highest BCUT2D eigenvalue weighted by molar-refractivity contribution is 5.95. The van der Waals surface area contributed by atoms with Crippen molar-refractivity contribution < 1.29 is 19.0 Å². The van der Waals surface area contributed by atoms with E-state index >= 15 is 0 Å². The first-order valence-electron chi connectivity index (χ1n) is 9.66. The van der Waals surface area contributed by atoms with Gasteiger partial charge in [0.05, 0.1) is 38.2 Å². The molecule has 3 heterocycles. The van der Waals surface area contributed by atoms with Gasteiger partial charge in [-0.05, 0) is 49.4 Å². The Bertz CT molecular complexity index is 897. The number of benzene rings is 1. The van der Waals surface area contributed by atoms with Crippen LogP contribution in [0.25, 0.3) is 0 Å². The van der Waals surface area contributed by atoms with Crippen molar-refractivity contribution in [2.24, 2.45) is 7.05 Å². The maximum Gasteiger partial charge on any atom is 0.257 e. The summed E-state index contributed by atoms with van der Waals surface area (Å²) in [6.45, 7) is 3.91. The third kappa shape index (κ3) is 2.94. The van der Waals surface area contributed by atoms with Gasteiger partial charge in [0.2, 0.25) is 0 Å². The fourth-order valence-electron chi connectivity index (χ4n) is 4.35. The number of ether oxygens (including phenoxy) is 3. The van der Waals surface area contributed by atoms with E-state index in [-0.39, 0.29) is 11.5 Å². The molecule has 4 rings (SSSR count). The van der Waals surface area contributed by atoms with Crippen LogP contribution in [0.1, 0.15) is 40.0 Å². The number of likely N-dealkylation sites (tertiary alicyclic amines) is 1. The Kier molecular flexibility index (Phi) is 4.79. The summed E-state index contributed by atoms with van der Waals surface area (Å²) in [6, 6.07) is 4.12. The van der Waals surface area contributed by atoms with Crippen LogP contribution in [0.5, 0.6) is 11.5 Å². The van der Waals surface area contributed by atoms with Gasteiger partial charge >= 0.3 is 0 Å². The summed E-state index contributed by atoms with van der Waals surface area (Å²) >= 11 is 0. The Morgan fingerprint density at radius 3 is 2.46 bits per heavy atom. The van der Waals surface area contributed by atoms with Crippen LogP contribution < -0.4 is 9.47 Å². The molecule has 1 fully saturated rings. The van der Waals surface area contributed by atoms with Gasteiger partial charge in [0.15, 0.2) is 11.5 Å². The van der Waals surface area contributed by atoms with E-state index in [1.165, 1.54) is 11.1 Å². The fraction of sp³-hybridized carbons (Fsp3) is 0.524. The summed E-state index contributed by atoms with van der Waals surface area (Å²) in [5, 5.41) is 4.20. The fourth-order valence-corrected chi connectivity index (χ4v) is 4.35. The largest absolute Gasteiger partial charge is 0.493 e. The Morgan fingerprint density at radius 1 is 1.18 bits per heavy atom. The highest BCUT2D eigenvalue weighted by Gasteiger charge is 2.42. The molecule has 1 aromatic heterocycles. The summed E-state index contributed by atoms with van der Waals surface area (Å²) in [4.78, 5) is 14.8. The minimum absolute atomic E-state index is 0.0452. The zero-order valence-electron chi connectivity index (χ0n) is 16.9. The Hall–Kier alpha value is -2.54. The van der Waals surface area contributed by atoms with Crippen molar-refractivity contribution >= 4 is 5.91 Å². The minimum Gasteiger partial charge on any atom is -0.493 e. The highest BCUT2D eigenvalue weighted by Crippen LogP contribution is 2.45. The molecule has 0 aliphatic carbocycles. The number of aromatic nitrogens is 2. The molecule has 2 aliphatic rings. The van der Waals surface area contributed by atoms with Crippen molar-refractivity contribution in [3.63, 3.8) is 0 Å². The molecule has 1 amide bonds. The summed E-state index contributed by atoms with van der Waals surface area (Å²) in [5.41, 5.74) is 3.61. The second-order valence-electron chi connectivity index (χ2n) is 7.52. The lowest BCUT2D eigenvalue weighted by molar-refractivity contribution is -0.0936. The molecule has 2 aliphatic heterocycles. The minimum atomic E-state index is -0.367. The predicted molar refractivity (Wildman–Crippen MR) is 104 cm³/mol. The number of piperidine rings is 1. The number of rotatable bonds is 3. The van der Waals surface area contributed by atoms with E-state index in [0.717, 1.165) is 36.5 Å². The second kappa shape index (κ2) is 7.13. The number of amides is 1. The summed E-state index contributed by atoms with van der Waals surface area (Å²) in [6.07, 6.45) is 4.04. The predicted octanol–water partition coefficient (Wildman–Crippen LogP) is 2.45. The maximum atomic E-state index is 12.9. The van der Waals surface area contributed by atoms with E-state index in [1.54, 1.807) is 25.1 Å². The van der Waals surface area contributed by atoms with Gasteiger partial charge in [-0.25, -0.2) is 0 Å². The van der Waals surface area contributed by atoms with Gasteiger partial charge in [-0.2, -0.15) is 5.10 Å². The normalized spacial score (nSPS) is 18.1. The van der Waals surface area contributed by atoms with E-state index in [9.17, 15) is 4.79 Å². The van der Waals surface area contributed by atoms with Crippen LogP contribution in [0.3, 0.4) is 0 Å². The van der Waals surface area contributed by atoms with Gasteiger partial charge in [-0.15, -0.1) is 0 Å². The lowest BCUT2D eigenvalue weighted by Crippen LogP contribution is -2.48. The number of carbonyl (C=O) groups is 1. The molecule has 7 nitrogen and oxygen atoms in total. The van der Waals surface area contributed by atoms with Gasteiger partial charge in [0.25, 0.3) is 5.91 Å². The number of fused-ring (bicyclic) bond motifs is 2. The van der Waals surface area contributed by atoms with E-state index in [0.29, 0.717) is 25.3 Å². The van der Waals surface area contributed by atoms with Crippen LogP contribution in [-0.2, 0) is 23.8 Å². The Balaban J connectivity index is 1.58. The van der Waals surface area contributed by atoms with Crippen LogP contribution in [0.4, 0.5) is 0 Å². The standard InChI is InChI=1S/C21H27N3O4/c1-14-16(13-22-23(14)2)20(25)24-8-6-21(7-9-24)17-12-19(27-4)18(26-3)11-15(17)5-10-28-21/h11-13H,5-10H2,1-4H3. The van der Waals surface area contributed by atoms with Crippen molar-refractivity contribution in [3.05, 3.63) is 40.7 Å². The number of hydrogen-bond acceptors (Lipinski definition) is 5. The van der Waals surface area contributed by atoms with Gasteiger partial charge in [0.1, 0.15) is 0 Å². The average Bonchev–Trinajstić information content (AvgIpc) is 3.06. The van der Waals surface area contributed by atoms with E-state index < -0.39 is 0 Å². The van der Waals surface area contributed by atoms with E-state index in [1.807, 2.05) is 18.9 Å². The lowest BCUT2D eigenvalue weighted by Gasteiger charge is -2.45. The molecule has 0 unspecified atom stereocenters. The number of hydrogen-bond donors (Lipinski definition) is 0. The van der Waals surface area contributed by atoms with Gasteiger partial charge < -0.3 is 19.1 Å². The molecule has 0 atom stereocenters. The molecular weight excluding hydrogens is 358 g/mol. The van der Waals surface area contributed by atoms with Crippen molar-refractivity contribution in [2.75, 3.05) is 33.9 Å². The van der Waals surface area contributed by atoms with Crippen molar-refractivity contribution in [1.29, 1.82) is 0 Å². The van der Waals surface area contributed by atoms with E-state index in [2.05, 4.69) is 17.2 Å². The summed E-state index contributed by atoms with van der Waals surface area (Å²) < 4.78 is 19.0. The highest BCUT2D eigenvalue weighted by atomic mass is 16.5. The van der Waals surface area contributed by atoms with Gasteiger partial charge in [-0.3, -0.25) is 9.48 Å². The van der Waals surface area contributed by atoms with Gasteiger partial charge in [0, 0.05) is 25.8 Å². The second-order valence-corrected chi connectivity index (χ2v) is 7.52. The van der Waals surface area contributed by atoms with Crippen LogP contribution in [-0.4, -0.2) is 54.5 Å². The quantitative estimate of drug-likeness (QED) is 0.812. The molecule has 2 aromatic rings. The first kappa shape index (κ1) is 18.8. The molecule has 0 N–H and O–H groups in total. The molecule has 0 radical (unpaired) electrons. The van der Waals surface area contributed by atoms with Crippen molar-refractivity contribution in [2.45, 2.75) is 31.8 Å². The van der Waals surface area contributed by atoms with E-state index in [4.69, 9.17) is 14.2 Å². The first-order valence-corrected chi connectivity index (χ1v) is 9.66. The van der Waals surface area contributed by atoms with Crippen LogP contribution in [0.2, 0.25) is 0 Å². The van der Waals surface area contributed by atoms with Crippen molar-refractivity contribution in [3.8, 4) is 11.5 Å². The molecule has 1 spiro atoms. The molecule has 28 heavy (non-hydrogen) atoms. The number of carbonyl (C=O) groups excluding carboxylic acids is 1. The summed E-state index contributed by atoms with van der Waals surface area (Å²) in [5.74, 6) is 1.51. The summed E-state index contributed by atoms with van der Waals surface area (Å²) in [7, 11) is 5.16. The molecule has 1 saturated heterocycles. The average molecular weight is 385 g/mol.